The van der Waals surface area contributed by atoms with Crippen molar-refractivity contribution in [2.75, 3.05) is 0 Å². The van der Waals surface area contributed by atoms with E-state index in [-0.39, 0.29) is 0 Å². The van der Waals surface area contributed by atoms with E-state index in [9.17, 15) is 0 Å². The Kier molecular flexibility index (Phi) is 2.23. The van der Waals surface area contributed by atoms with Crippen molar-refractivity contribution >= 4 is 11.6 Å². The topological polar surface area (TPSA) is 17.8 Å². The van der Waals surface area contributed by atoms with Gasteiger partial charge in [-0.1, -0.05) is 25.4 Å². The van der Waals surface area contributed by atoms with Crippen LogP contribution in [0.2, 0.25) is 5.15 Å². The third-order valence-corrected chi connectivity index (χ3v) is 2.27. The molecule has 0 saturated carbocycles. The number of aromatic nitrogens is 2. The first-order chi connectivity index (χ1) is 5.04. The van der Waals surface area contributed by atoms with Gasteiger partial charge in [0.15, 0.2) is 0 Å². The normalized spacial score (nSPS) is 11.1. The summed E-state index contributed by atoms with van der Waals surface area (Å²) in [6, 6.07) is 0. The molecule has 0 N–H and O–H groups in total. The molecule has 62 valence electrons. The molecule has 0 radical (unpaired) electrons. The van der Waals surface area contributed by atoms with E-state index in [1.807, 2.05) is 18.5 Å². The zero-order chi connectivity index (χ0) is 8.59. The van der Waals surface area contributed by atoms with Crippen molar-refractivity contribution in [1.82, 2.24) is 9.55 Å². The van der Waals surface area contributed by atoms with Gasteiger partial charge in [0.2, 0.25) is 0 Å². The van der Waals surface area contributed by atoms with Gasteiger partial charge in [0.05, 0.1) is 5.69 Å². The quantitative estimate of drug-likeness (QED) is 0.637. The summed E-state index contributed by atoms with van der Waals surface area (Å²) in [5.41, 5.74) is 0.992. The summed E-state index contributed by atoms with van der Waals surface area (Å²) in [5, 5.41) is 0.762. The summed E-state index contributed by atoms with van der Waals surface area (Å²) in [6.45, 7) is 6.14. The van der Waals surface area contributed by atoms with Crippen molar-refractivity contribution < 1.29 is 0 Å². The van der Waals surface area contributed by atoms with Gasteiger partial charge in [0.1, 0.15) is 11.0 Å². The molecule has 0 bridgehead atoms. The van der Waals surface area contributed by atoms with E-state index in [2.05, 4.69) is 18.8 Å². The minimum Gasteiger partial charge on any atom is -0.322 e. The highest BCUT2D eigenvalue weighted by Crippen LogP contribution is 2.23. The number of aryl methyl sites for hydroxylation is 1. The number of imidazole rings is 1. The van der Waals surface area contributed by atoms with Crippen LogP contribution in [0.1, 0.15) is 31.3 Å². The van der Waals surface area contributed by atoms with Crippen LogP contribution in [0.4, 0.5) is 0 Å². The molecule has 0 amide bonds. The van der Waals surface area contributed by atoms with Crippen molar-refractivity contribution in [2.45, 2.75) is 26.7 Å². The molecule has 1 aromatic heterocycles. The molecule has 1 heterocycles. The predicted octanol–water partition coefficient (Wildman–Crippen LogP) is 2.51. The van der Waals surface area contributed by atoms with E-state index in [0.717, 1.165) is 16.7 Å². The smallest absolute Gasteiger partial charge is 0.132 e. The van der Waals surface area contributed by atoms with E-state index in [4.69, 9.17) is 11.6 Å². The van der Waals surface area contributed by atoms with Crippen LogP contribution in [-0.2, 0) is 7.05 Å². The summed E-state index contributed by atoms with van der Waals surface area (Å²) in [7, 11) is 1.93. The molecule has 2 nitrogen and oxygen atoms in total. The van der Waals surface area contributed by atoms with E-state index < -0.39 is 0 Å². The van der Waals surface area contributed by atoms with Gasteiger partial charge in [-0.3, -0.25) is 0 Å². The summed E-state index contributed by atoms with van der Waals surface area (Å²) >= 11 is 6.01. The maximum atomic E-state index is 6.01. The number of halogens is 1. The Morgan fingerprint density at radius 3 is 2.18 bits per heavy atom. The Balaban J connectivity index is 3.19. The number of rotatable bonds is 1. The SMILES string of the molecule is Cc1nc(C(C)C)c(Cl)n1C. The first-order valence-electron chi connectivity index (χ1n) is 3.72. The molecular formula is C8H13ClN2. The molecule has 11 heavy (non-hydrogen) atoms. The Labute approximate surface area is 72.2 Å². The summed E-state index contributed by atoms with van der Waals surface area (Å²) < 4.78 is 1.90. The zero-order valence-corrected chi connectivity index (χ0v) is 8.11. The highest BCUT2D eigenvalue weighted by atomic mass is 35.5. The number of hydrogen-bond donors (Lipinski definition) is 0. The first kappa shape index (κ1) is 8.60. The average Bonchev–Trinajstić information content (AvgIpc) is 2.17. The zero-order valence-electron chi connectivity index (χ0n) is 7.35. The van der Waals surface area contributed by atoms with Crippen molar-refractivity contribution in [2.24, 2.45) is 7.05 Å². The highest BCUT2D eigenvalue weighted by molar-refractivity contribution is 6.30. The number of nitrogens with zero attached hydrogens (tertiary/aromatic N) is 2. The Bertz CT molecular complexity index is 263. The van der Waals surface area contributed by atoms with Crippen LogP contribution in [-0.4, -0.2) is 9.55 Å². The maximum absolute atomic E-state index is 6.01. The van der Waals surface area contributed by atoms with Crippen LogP contribution in [0.15, 0.2) is 0 Å². The van der Waals surface area contributed by atoms with Crippen LogP contribution < -0.4 is 0 Å². The summed E-state index contributed by atoms with van der Waals surface area (Å²) in [6.07, 6.45) is 0. The van der Waals surface area contributed by atoms with Crippen LogP contribution in [0.25, 0.3) is 0 Å². The minimum atomic E-state index is 0.405. The Hall–Kier alpha value is -0.500. The van der Waals surface area contributed by atoms with Gasteiger partial charge >= 0.3 is 0 Å². The molecule has 0 unspecified atom stereocenters. The highest BCUT2D eigenvalue weighted by Gasteiger charge is 2.12. The van der Waals surface area contributed by atoms with Crippen LogP contribution in [0.3, 0.4) is 0 Å². The number of hydrogen-bond acceptors (Lipinski definition) is 1. The molecule has 1 aromatic rings. The summed E-state index contributed by atoms with van der Waals surface area (Å²) in [4.78, 5) is 4.34. The second-order valence-corrected chi connectivity index (χ2v) is 3.41. The fourth-order valence-corrected chi connectivity index (χ4v) is 1.36. The lowest BCUT2D eigenvalue weighted by molar-refractivity contribution is 0.828. The molecule has 0 spiro atoms. The molecule has 3 heteroatoms. The Morgan fingerprint density at radius 1 is 1.45 bits per heavy atom. The molecule has 0 aliphatic heterocycles. The molecule has 0 saturated heterocycles. The lowest BCUT2D eigenvalue weighted by Crippen LogP contribution is -1.90. The van der Waals surface area contributed by atoms with E-state index in [0.29, 0.717) is 5.92 Å². The molecule has 1 rings (SSSR count). The predicted molar refractivity (Wildman–Crippen MR) is 47.0 cm³/mol. The van der Waals surface area contributed by atoms with Gasteiger partial charge in [-0.2, -0.15) is 0 Å². The van der Waals surface area contributed by atoms with Crippen LogP contribution in [0, 0.1) is 6.92 Å². The van der Waals surface area contributed by atoms with Crippen LogP contribution in [0.5, 0.6) is 0 Å². The first-order valence-corrected chi connectivity index (χ1v) is 4.10. The average molecular weight is 173 g/mol. The second-order valence-electron chi connectivity index (χ2n) is 3.05. The van der Waals surface area contributed by atoms with E-state index >= 15 is 0 Å². The Morgan fingerprint density at radius 2 is 2.00 bits per heavy atom. The second kappa shape index (κ2) is 2.86. The van der Waals surface area contributed by atoms with Gasteiger partial charge in [-0.15, -0.1) is 0 Å². The minimum absolute atomic E-state index is 0.405. The van der Waals surface area contributed by atoms with Crippen LogP contribution >= 0.6 is 11.6 Å². The largest absolute Gasteiger partial charge is 0.322 e. The third kappa shape index (κ3) is 1.41. The van der Waals surface area contributed by atoms with Crippen molar-refractivity contribution in [3.63, 3.8) is 0 Å². The van der Waals surface area contributed by atoms with Crippen molar-refractivity contribution in [3.8, 4) is 0 Å². The van der Waals surface area contributed by atoms with E-state index in [1.54, 1.807) is 0 Å². The van der Waals surface area contributed by atoms with Crippen molar-refractivity contribution in [3.05, 3.63) is 16.7 Å². The van der Waals surface area contributed by atoms with Gasteiger partial charge in [-0.05, 0) is 12.8 Å². The van der Waals surface area contributed by atoms with Crippen molar-refractivity contribution in [1.29, 1.82) is 0 Å². The van der Waals surface area contributed by atoms with Gasteiger partial charge < -0.3 is 4.57 Å². The lowest BCUT2D eigenvalue weighted by Gasteiger charge is -1.99. The van der Waals surface area contributed by atoms with E-state index in [1.165, 1.54) is 0 Å². The van der Waals surface area contributed by atoms with Gasteiger partial charge in [-0.25, -0.2) is 4.98 Å². The fraction of sp³-hybridized carbons (Fsp3) is 0.625. The molecule has 0 atom stereocenters. The lowest BCUT2D eigenvalue weighted by atomic mass is 10.2. The third-order valence-electron chi connectivity index (χ3n) is 1.82. The fourth-order valence-electron chi connectivity index (χ4n) is 0.977. The monoisotopic (exact) mass is 172 g/mol. The molecule has 0 aliphatic rings. The standard InChI is InChI=1S/C8H13ClN2/c1-5(2)7-8(9)11(4)6(3)10-7/h5H,1-4H3. The molecule has 0 fully saturated rings. The van der Waals surface area contributed by atoms with Gasteiger partial charge in [0.25, 0.3) is 0 Å². The molecule has 0 aromatic carbocycles. The van der Waals surface area contributed by atoms with Gasteiger partial charge in [0, 0.05) is 7.05 Å². The molecule has 0 aliphatic carbocycles. The molecular weight excluding hydrogens is 160 g/mol. The maximum Gasteiger partial charge on any atom is 0.132 e. The summed E-state index contributed by atoms with van der Waals surface area (Å²) in [5.74, 6) is 1.38.